The van der Waals surface area contributed by atoms with Gasteiger partial charge < -0.3 is 24.6 Å². The van der Waals surface area contributed by atoms with Crippen LogP contribution in [0.25, 0.3) is 0 Å². The average Bonchev–Trinajstić information content (AvgIpc) is 2.99. The first-order valence-electron chi connectivity index (χ1n) is 10.2. The molecule has 0 radical (unpaired) electrons. The number of hydrogen-bond donors (Lipinski definition) is 2. The van der Waals surface area contributed by atoms with E-state index in [0.29, 0.717) is 44.2 Å². The molecule has 3 heterocycles. The van der Waals surface area contributed by atoms with Crippen molar-refractivity contribution in [2.45, 2.75) is 20.0 Å². The fourth-order valence-corrected chi connectivity index (χ4v) is 3.93. The van der Waals surface area contributed by atoms with Crippen LogP contribution in [0.5, 0.6) is 11.5 Å². The lowest BCUT2D eigenvalue weighted by atomic mass is 10.2. The molecular weight excluding hydrogens is 386 g/mol. The van der Waals surface area contributed by atoms with Gasteiger partial charge in [0.05, 0.1) is 43.3 Å². The van der Waals surface area contributed by atoms with Crippen molar-refractivity contribution in [3.05, 3.63) is 35.7 Å². The Balaban J connectivity index is 1.27. The highest BCUT2D eigenvalue weighted by Crippen LogP contribution is 2.31. The molecule has 1 saturated heterocycles. The average molecular weight is 414 g/mol. The van der Waals surface area contributed by atoms with Gasteiger partial charge in [-0.05, 0) is 26.0 Å². The van der Waals surface area contributed by atoms with Crippen molar-refractivity contribution in [2.24, 2.45) is 7.05 Å². The number of aryl methyl sites for hydroxylation is 2. The van der Waals surface area contributed by atoms with E-state index in [2.05, 4.69) is 10.4 Å². The summed E-state index contributed by atoms with van der Waals surface area (Å²) in [6.45, 7) is 7.02. The number of hydrogen-bond acceptors (Lipinski definition) is 5. The summed E-state index contributed by atoms with van der Waals surface area (Å²) in [5.74, 6) is 1.17. The van der Waals surface area contributed by atoms with E-state index >= 15 is 0 Å². The molecule has 0 aliphatic carbocycles. The Morgan fingerprint density at radius 1 is 1.20 bits per heavy atom. The Bertz CT molecular complexity index is 949. The molecule has 2 amide bonds. The molecule has 0 saturated carbocycles. The third-order valence-electron chi connectivity index (χ3n) is 5.75. The number of rotatable bonds is 4. The van der Waals surface area contributed by atoms with Crippen LogP contribution in [0.4, 0.5) is 5.69 Å². The number of piperazine rings is 1. The largest absolute Gasteiger partial charge is 0.485 e. The summed E-state index contributed by atoms with van der Waals surface area (Å²) in [4.78, 5) is 28.3. The van der Waals surface area contributed by atoms with Gasteiger partial charge in [-0.3, -0.25) is 14.3 Å². The minimum atomic E-state index is -0.624. The van der Waals surface area contributed by atoms with Crippen molar-refractivity contribution in [2.75, 3.05) is 44.6 Å². The fraction of sp³-hybridized carbons (Fsp3) is 0.476. The minimum Gasteiger partial charge on any atom is -0.485 e. The quantitative estimate of drug-likeness (QED) is 0.707. The molecule has 9 nitrogen and oxygen atoms in total. The van der Waals surface area contributed by atoms with E-state index in [-0.39, 0.29) is 18.4 Å². The minimum absolute atomic E-state index is 0.0374. The Morgan fingerprint density at radius 3 is 2.57 bits per heavy atom. The lowest BCUT2D eigenvalue weighted by Gasteiger charge is -2.35. The van der Waals surface area contributed by atoms with Crippen molar-refractivity contribution < 1.29 is 24.0 Å². The highest BCUT2D eigenvalue weighted by Gasteiger charge is 2.34. The van der Waals surface area contributed by atoms with Crippen LogP contribution in [0.3, 0.4) is 0 Å². The Hall–Kier alpha value is -3.07. The number of ether oxygens (including phenoxy) is 2. The van der Waals surface area contributed by atoms with Crippen LogP contribution < -0.4 is 19.7 Å². The molecule has 2 aromatic rings. The number of nitrogens with one attached hydrogen (secondary N) is 2. The number of anilines is 1. The van der Waals surface area contributed by atoms with Gasteiger partial charge in [0.1, 0.15) is 6.61 Å². The number of para-hydroxylation sites is 2. The van der Waals surface area contributed by atoms with Gasteiger partial charge in [0.2, 0.25) is 6.10 Å². The molecule has 1 fully saturated rings. The fourth-order valence-electron chi connectivity index (χ4n) is 3.93. The lowest BCUT2D eigenvalue weighted by molar-refractivity contribution is -0.895. The smallest absolute Gasteiger partial charge is 0.279 e. The number of quaternary nitrogens is 1. The maximum absolute atomic E-state index is 12.8. The molecule has 1 aromatic heterocycles. The number of benzene rings is 1. The number of amides is 2. The molecule has 0 spiro atoms. The first-order chi connectivity index (χ1) is 14.4. The van der Waals surface area contributed by atoms with Crippen LogP contribution in [0.1, 0.15) is 11.4 Å². The van der Waals surface area contributed by atoms with E-state index < -0.39 is 6.10 Å². The van der Waals surface area contributed by atoms with Crippen molar-refractivity contribution >= 4 is 17.5 Å². The second-order valence-electron chi connectivity index (χ2n) is 7.83. The summed E-state index contributed by atoms with van der Waals surface area (Å²) in [5.41, 5.74) is 2.53. The van der Waals surface area contributed by atoms with Crippen molar-refractivity contribution in [3.63, 3.8) is 0 Å². The highest BCUT2D eigenvalue weighted by atomic mass is 16.6. The van der Waals surface area contributed by atoms with Crippen LogP contribution in [0, 0.1) is 13.8 Å². The summed E-state index contributed by atoms with van der Waals surface area (Å²) in [7, 11) is 1.86. The summed E-state index contributed by atoms with van der Waals surface area (Å²) in [5, 5.41) is 7.31. The highest BCUT2D eigenvalue weighted by molar-refractivity contribution is 5.92. The molecular formula is C21H28N5O4+. The van der Waals surface area contributed by atoms with E-state index in [1.165, 1.54) is 0 Å². The van der Waals surface area contributed by atoms with Gasteiger partial charge >= 0.3 is 0 Å². The molecule has 4 rings (SSSR count). The molecule has 0 bridgehead atoms. The van der Waals surface area contributed by atoms with Crippen LogP contribution in [0.15, 0.2) is 24.3 Å². The second-order valence-corrected chi connectivity index (χ2v) is 7.83. The normalized spacial score (nSPS) is 18.9. The van der Waals surface area contributed by atoms with Crippen molar-refractivity contribution in [1.82, 2.24) is 14.7 Å². The monoisotopic (exact) mass is 414 g/mol. The predicted molar refractivity (Wildman–Crippen MR) is 110 cm³/mol. The summed E-state index contributed by atoms with van der Waals surface area (Å²) < 4.78 is 13.3. The van der Waals surface area contributed by atoms with Gasteiger partial charge in [0, 0.05) is 7.05 Å². The topological polar surface area (TPSA) is 90.1 Å². The van der Waals surface area contributed by atoms with Gasteiger partial charge in [-0.2, -0.15) is 5.10 Å². The van der Waals surface area contributed by atoms with Gasteiger partial charge in [0.25, 0.3) is 11.8 Å². The molecule has 2 aliphatic rings. The summed E-state index contributed by atoms with van der Waals surface area (Å²) in [6.07, 6.45) is -0.624. The molecule has 2 N–H and O–H groups in total. The zero-order valence-electron chi connectivity index (χ0n) is 17.6. The van der Waals surface area contributed by atoms with Crippen molar-refractivity contribution in [1.29, 1.82) is 0 Å². The Morgan fingerprint density at radius 2 is 1.90 bits per heavy atom. The van der Waals surface area contributed by atoms with Gasteiger partial charge in [0.15, 0.2) is 18.0 Å². The van der Waals surface area contributed by atoms with Crippen LogP contribution >= 0.6 is 0 Å². The zero-order chi connectivity index (χ0) is 21.3. The van der Waals surface area contributed by atoms with Crippen LogP contribution in [0.2, 0.25) is 0 Å². The molecule has 1 atom stereocenters. The standard InChI is InChI=1S/C21H27N5O4/c1-14-20(15(2)24(3)23-14)22-19(27)12-25-8-10-26(11-9-25)21(28)18-13-29-16-6-4-5-7-17(16)30-18/h4-7,18H,8-13H2,1-3H3,(H,22,27)/p+1/t18-/m1/s1. The maximum Gasteiger partial charge on any atom is 0.279 e. The predicted octanol–water partition coefficient (Wildman–Crippen LogP) is -0.457. The Labute approximate surface area is 175 Å². The van der Waals surface area contributed by atoms with E-state index in [1.807, 2.05) is 39.1 Å². The maximum atomic E-state index is 12.8. The number of aromatic nitrogens is 2. The summed E-state index contributed by atoms with van der Waals surface area (Å²) in [6, 6.07) is 7.37. The van der Waals surface area contributed by atoms with Crippen LogP contribution in [-0.2, 0) is 16.6 Å². The molecule has 0 unspecified atom stereocenters. The van der Waals surface area contributed by atoms with E-state index in [9.17, 15) is 9.59 Å². The van der Waals surface area contributed by atoms with Gasteiger partial charge in [-0.15, -0.1) is 0 Å². The lowest BCUT2D eigenvalue weighted by Crippen LogP contribution is -3.15. The third kappa shape index (κ3) is 4.11. The second kappa shape index (κ2) is 8.35. The number of carbonyl (C=O) groups excluding carboxylic acids is 2. The van der Waals surface area contributed by atoms with Gasteiger partial charge in [-0.25, -0.2) is 0 Å². The molecule has 9 heteroatoms. The first kappa shape index (κ1) is 20.2. The zero-order valence-corrected chi connectivity index (χ0v) is 17.6. The molecule has 160 valence electrons. The third-order valence-corrected chi connectivity index (χ3v) is 5.75. The number of carbonyl (C=O) groups is 2. The van der Waals surface area contributed by atoms with E-state index in [0.717, 1.165) is 22.0 Å². The first-order valence-corrected chi connectivity index (χ1v) is 10.2. The summed E-state index contributed by atoms with van der Waals surface area (Å²) >= 11 is 0. The van der Waals surface area contributed by atoms with E-state index in [1.54, 1.807) is 15.6 Å². The van der Waals surface area contributed by atoms with E-state index in [4.69, 9.17) is 9.47 Å². The number of fused-ring (bicyclic) bond motifs is 1. The van der Waals surface area contributed by atoms with Crippen molar-refractivity contribution in [3.8, 4) is 11.5 Å². The SMILES string of the molecule is Cc1nn(C)c(C)c1NC(=O)C[NH+]1CCN(C(=O)[C@H]2COc3ccccc3O2)CC1. The number of nitrogens with zero attached hydrogens (tertiary/aromatic N) is 3. The molecule has 2 aliphatic heterocycles. The molecule has 1 aromatic carbocycles. The van der Waals surface area contributed by atoms with Gasteiger partial charge in [-0.1, -0.05) is 12.1 Å². The van der Waals surface area contributed by atoms with Crippen LogP contribution in [-0.4, -0.2) is 71.9 Å². The molecule has 30 heavy (non-hydrogen) atoms. The Kier molecular flexibility index (Phi) is 5.63.